The van der Waals surface area contributed by atoms with Gasteiger partial charge < -0.3 is 10.6 Å². The van der Waals surface area contributed by atoms with Crippen LogP contribution in [-0.4, -0.2) is 48.1 Å². The Bertz CT molecular complexity index is 317. The van der Waals surface area contributed by atoms with Crippen LogP contribution in [0.1, 0.15) is 18.9 Å². The van der Waals surface area contributed by atoms with Gasteiger partial charge in [-0.25, -0.2) is 4.98 Å². The summed E-state index contributed by atoms with van der Waals surface area (Å²) in [6.07, 6.45) is 1.86. The second kappa shape index (κ2) is 5.91. The van der Waals surface area contributed by atoms with Gasteiger partial charge in [0, 0.05) is 56.4 Å². The van der Waals surface area contributed by atoms with Crippen molar-refractivity contribution in [1.82, 2.24) is 20.5 Å². The second-order valence-electron chi connectivity index (χ2n) is 5.08. The van der Waals surface area contributed by atoms with Crippen molar-refractivity contribution in [3.05, 3.63) is 16.6 Å². The molecular formula is C12H22N4S. The molecule has 0 aromatic carbocycles. The minimum absolute atomic E-state index is 0.222. The maximum Gasteiger partial charge on any atom is 0.106 e. The molecule has 0 amide bonds. The van der Waals surface area contributed by atoms with Gasteiger partial charge in [-0.15, -0.1) is 11.3 Å². The highest BCUT2D eigenvalue weighted by Crippen LogP contribution is 2.14. The molecule has 2 heterocycles. The summed E-state index contributed by atoms with van der Waals surface area (Å²) in [6.45, 7) is 11.0. The van der Waals surface area contributed by atoms with Gasteiger partial charge in [0.1, 0.15) is 5.01 Å². The normalized spacial score (nSPS) is 18.5. The standard InChI is InChI=1S/C12H22N4S/c1-12(2,16-6-3-13-4-7-16)10-14-9-11-15-5-8-17-11/h5,8,13-14H,3-4,6-7,9-10H2,1-2H3. The fourth-order valence-electron chi connectivity index (χ4n) is 2.20. The lowest BCUT2D eigenvalue weighted by Crippen LogP contribution is -2.57. The number of nitrogens with zero attached hydrogens (tertiary/aromatic N) is 2. The lowest BCUT2D eigenvalue weighted by atomic mass is 10.0. The highest BCUT2D eigenvalue weighted by atomic mass is 32.1. The Morgan fingerprint density at radius 2 is 2.24 bits per heavy atom. The van der Waals surface area contributed by atoms with Crippen LogP contribution < -0.4 is 10.6 Å². The van der Waals surface area contributed by atoms with Crippen LogP contribution in [0.15, 0.2) is 11.6 Å². The topological polar surface area (TPSA) is 40.2 Å². The minimum Gasteiger partial charge on any atom is -0.314 e. The van der Waals surface area contributed by atoms with Gasteiger partial charge in [0.2, 0.25) is 0 Å². The molecule has 5 heteroatoms. The van der Waals surface area contributed by atoms with Gasteiger partial charge in [-0.1, -0.05) is 0 Å². The molecule has 2 N–H and O–H groups in total. The Morgan fingerprint density at radius 3 is 2.88 bits per heavy atom. The number of thiazole rings is 1. The molecule has 0 spiro atoms. The fraction of sp³-hybridized carbons (Fsp3) is 0.750. The number of rotatable bonds is 5. The minimum atomic E-state index is 0.222. The highest BCUT2D eigenvalue weighted by molar-refractivity contribution is 7.09. The zero-order valence-electron chi connectivity index (χ0n) is 10.7. The third-order valence-corrected chi connectivity index (χ3v) is 4.07. The molecule has 1 fully saturated rings. The quantitative estimate of drug-likeness (QED) is 0.820. The molecule has 1 aromatic heterocycles. The van der Waals surface area contributed by atoms with Crippen molar-refractivity contribution in [1.29, 1.82) is 0 Å². The van der Waals surface area contributed by atoms with Crippen LogP contribution in [0.4, 0.5) is 0 Å². The lowest BCUT2D eigenvalue weighted by molar-refractivity contribution is 0.102. The van der Waals surface area contributed by atoms with E-state index in [1.807, 2.05) is 11.6 Å². The van der Waals surface area contributed by atoms with Crippen molar-refractivity contribution in [2.75, 3.05) is 32.7 Å². The van der Waals surface area contributed by atoms with Crippen molar-refractivity contribution >= 4 is 11.3 Å². The largest absolute Gasteiger partial charge is 0.314 e. The average molecular weight is 254 g/mol. The SMILES string of the molecule is CC(C)(CNCc1nccs1)N1CCNCC1. The molecule has 1 aliphatic heterocycles. The van der Waals surface area contributed by atoms with Gasteiger partial charge in [-0.3, -0.25) is 4.90 Å². The van der Waals surface area contributed by atoms with Crippen molar-refractivity contribution in [3.8, 4) is 0 Å². The van der Waals surface area contributed by atoms with Crippen molar-refractivity contribution < 1.29 is 0 Å². The van der Waals surface area contributed by atoms with E-state index in [9.17, 15) is 0 Å². The van der Waals surface area contributed by atoms with Crippen molar-refractivity contribution in [2.24, 2.45) is 0 Å². The number of aromatic nitrogens is 1. The molecular weight excluding hydrogens is 232 g/mol. The Kier molecular flexibility index (Phi) is 4.50. The Morgan fingerprint density at radius 1 is 1.47 bits per heavy atom. The molecule has 0 atom stereocenters. The van der Waals surface area contributed by atoms with Crippen LogP contribution in [0.2, 0.25) is 0 Å². The predicted molar refractivity (Wildman–Crippen MR) is 72.3 cm³/mol. The van der Waals surface area contributed by atoms with E-state index in [4.69, 9.17) is 0 Å². The molecule has 0 unspecified atom stereocenters. The van der Waals surface area contributed by atoms with E-state index in [0.29, 0.717) is 0 Å². The van der Waals surface area contributed by atoms with Crippen LogP contribution in [0, 0.1) is 0 Å². The smallest absolute Gasteiger partial charge is 0.106 e. The van der Waals surface area contributed by atoms with Crippen molar-refractivity contribution in [3.63, 3.8) is 0 Å². The first-order chi connectivity index (χ1) is 8.18. The number of hydrogen-bond donors (Lipinski definition) is 2. The van der Waals surface area contributed by atoms with E-state index in [1.165, 1.54) is 5.01 Å². The zero-order chi connectivity index (χ0) is 12.1. The van der Waals surface area contributed by atoms with Gasteiger partial charge in [0.15, 0.2) is 0 Å². The van der Waals surface area contributed by atoms with Crippen LogP contribution in [0.3, 0.4) is 0 Å². The van der Waals surface area contributed by atoms with Gasteiger partial charge in [0.25, 0.3) is 0 Å². The third-order valence-electron chi connectivity index (χ3n) is 3.29. The summed E-state index contributed by atoms with van der Waals surface area (Å²) in [7, 11) is 0. The van der Waals surface area contributed by atoms with E-state index >= 15 is 0 Å². The maximum atomic E-state index is 4.28. The van der Waals surface area contributed by atoms with E-state index in [2.05, 4.69) is 34.4 Å². The summed E-state index contributed by atoms with van der Waals surface area (Å²) in [5, 5.41) is 10.1. The first kappa shape index (κ1) is 13.0. The second-order valence-corrected chi connectivity index (χ2v) is 6.06. The molecule has 2 rings (SSSR count). The first-order valence-electron chi connectivity index (χ1n) is 6.23. The third kappa shape index (κ3) is 3.74. The molecule has 0 saturated carbocycles. The monoisotopic (exact) mass is 254 g/mol. The Balaban J connectivity index is 1.76. The number of nitrogens with one attached hydrogen (secondary N) is 2. The molecule has 0 radical (unpaired) electrons. The van der Waals surface area contributed by atoms with E-state index in [-0.39, 0.29) is 5.54 Å². The molecule has 0 aliphatic carbocycles. The molecule has 0 bridgehead atoms. The fourth-order valence-corrected chi connectivity index (χ4v) is 2.78. The zero-order valence-corrected chi connectivity index (χ0v) is 11.5. The number of piperazine rings is 1. The Labute approximate surface area is 107 Å². The molecule has 1 aromatic rings. The van der Waals surface area contributed by atoms with Gasteiger partial charge in [-0.05, 0) is 13.8 Å². The number of hydrogen-bond acceptors (Lipinski definition) is 5. The van der Waals surface area contributed by atoms with E-state index in [1.54, 1.807) is 11.3 Å². The summed E-state index contributed by atoms with van der Waals surface area (Å²) in [4.78, 5) is 6.83. The van der Waals surface area contributed by atoms with Crippen LogP contribution in [0.5, 0.6) is 0 Å². The summed E-state index contributed by atoms with van der Waals surface area (Å²) in [5.41, 5.74) is 0.222. The summed E-state index contributed by atoms with van der Waals surface area (Å²) >= 11 is 1.71. The van der Waals surface area contributed by atoms with Crippen LogP contribution in [-0.2, 0) is 6.54 Å². The highest BCUT2D eigenvalue weighted by Gasteiger charge is 2.27. The molecule has 17 heavy (non-hydrogen) atoms. The van der Waals surface area contributed by atoms with Crippen molar-refractivity contribution in [2.45, 2.75) is 25.9 Å². The lowest BCUT2D eigenvalue weighted by Gasteiger charge is -2.41. The molecule has 1 aliphatic rings. The van der Waals surface area contributed by atoms with E-state index < -0.39 is 0 Å². The first-order valence-corrected chi connectivity index (χ1v) is 7.11. The predicted octanol–water partition coefficient (Wildman–Crippen LogP) is 0.917. The van der Waals surface area contributed by atoms with E-state index in [0.717, 1.165) is 39.3 Å². The van der Waals surface area contributed by atoms with Gasteiger partial charge in [-0.2, -0.15) is 0 Å². The van der Waals surface area contributed by atoms with Crippen LogP contribution >= 0.6 is 11.3 Å². The average Bonchev–Trinajstić information content (AvgIpc) is 2.83. The molecule has 1 saturated heterocycles. The summed E-state index contributed by atoms with van der Waals surface area (Å²) in [6, 6.07) is 0. The van der Waals surface area contributed by atoms with Gasteiger partial charge in [0.05, 0.1) is 0 Å². The maximum absolute atomic E-state index is 4.28. The van der Waals surface area contributed by atoms with Gasteiger partial charge >= 0.3 is 0 Å². The Hall–Kier alpha value is -0.490. The molecule has 96 valence electrons. The van der Waals surface area contributed by atoms with Crippen LogP contribution in [0.25, 0.3) is 0 Å². The summed E-state index contributed by atoms with van der Waals surface area (Å²) in [5.74, 6) is 0. The summed E-state index contributed by atoms with van der Waals surface area (Å²) < 4.78 is 0. The molecule has 4 nitrogen and oxygen atoms in total.